The highest BCUT2D eigenvalue weighted by Gasteiger charge is 2.09. The molecule has 2 N–H and O–H groups in total. The predicted octanol–water partition coefficient (Wildman–Crippen LogP) is 2.86. The molecule has 0 bridgehead atoms. The van der Waals surface area contributed by atoms with Gasteiger partial charge in [-0.25, -0.2) is 4.79 Å². The Balaban J connectivity index is 3.00. The molecule has 4 heteroatoms. The molecule has 3 nitrogen and oxygen atoms in total. The zero-order chi connectivity index (χ0) is 10.7. The van der Waals surface area contributed by atoms with Crippen molar-refractivity contribution < 1.29 is 9.90 Å². The third-order valence-corrected chi connectivity index (χ3v) is 1.98. The average Bonchev–Trinajstić information content (AvgIpc) is 2.07. The third kappa shape index (κ3) is 2.64. The summed E-state index contributed by atoms with van der Waals surface area (Å²) in [7, 11) is 0. The minimum atomic E-state index is -1.01. The molecule has 0 spiro atoms. The summed E-state index contributed by atoms with van der Waals surface area (Å²) in [6.07, 6.45) is 0. The first-order valence-corrected chi connectivity index (χ1v) is 4.68. The monoisotopic (exact) mass is 213 g/mol. The molecule has 0 heterocycles. The highest BCUT2D eigenvalue weighted by Crippen LogP contribution is 2.20. The second-order valence-electron chi connectivity index (χ2n) is 3.30. The van der Waals surface area contributed by atoms with Gasteiger partial charge in [-0.15, -0.1) is 0 Å². The Labute approximate surface area is 87.7 Å². The zero-order valence-electron chi connectivity index (χ0n) is 8.04. The number of hydrogen-bond acceptors (Lipinski definition) is 2. The highest BCUT2D eigenvalue weighted by molar-refractivity contribution is 6.33. The molecule has 0 saturated heterocycles. The largest absolute Gasteiger partial charge is 0.478 e. The minimum absolute atomic E-state index is 0.123. The van der Waals surface area contributed by atoms with E-state index in [1.54, 1.807) is 12.1 Å². The highest BCUT2D eigenvalue weighted by atomic mass is 35.5. The van der Waals surface area contributed by atoms with E-state index in [-0.39, 0.29) is 16.6 Å². The zero-order valence-corrected chi connectivity index (χ0v) is 8.80. The Morgan fingerprint density at radius 2 is 2.14 bits per heavy atom. The van der Waals surface area contributed by atoms with Crippen molar-refractivity contribution in [2.75, 3.05) is 5.32 Å². The van der Waals surface area contributed by atoms with Crippen LogP contribution in [-0.2, 0) is 0 Å². The number of nitrogens with one attached hydrogen (secondary N) is 1. The molecular weight excluding hydrogens is 202 g/mol. The van der Waals surface area contributed by atoms with Gasteiger partial charge in [0.05, 0.1) is 10.6 Å². The van der Waals surface area contributed by atoms with Crippen molar-refractivity contribution in [3.8, 4) is 0 Å². The molecule has 0 fully saturated rings. The van der Waals surface area contributed by atoms with Gasteiger partial charge in [0.15, 0.2) is 0 Å². The maximum atomic E-state index is 10.7. The summed E-state index contributed by atoms with van der Waals surface area (Å²) in [5.41, 5.74) is 0.888. The topological polar surface area (TPSA) is 49.3 Å². The molecule has 1 rings (SSSR count). The number of hydrogen-bond donors (Lipinski definition) is 2. The predicted molar refractivity (Wildman–Crippen MR) is 57.2 cm³/mol. The van der Waals surface area contributed by atoms with Crippen molar-refractivity contribution in [3.63, 3.8) is 0 Å². The van der Waals surface area contributed by atoms with E-state index in [9.17, 15) is 4.79 Å². The van der Waals surface area contributed by atoms with E-state index in [0.29, 0.717) is 0 Å². The molecule has 0 aliphatic carbocycles. The molecule has 14 heavy (non-hydrogen) atoms. The Bertz CT molecular complexity index is 350. The van der Waals surface area contributed by atoms with Gasteiger partial charge in [-0.2, -0.15) is 0 Å². The molecule has 0 unspecified atom stereocenters. The summed E-state index contributed by atoms with van der Waals surface area (Å²) in [5, 5.41) is 12.2. The van der Waals surface area contributed by atoms with Crippen LogP contribution < -0.4 is 5.32 Å². The lowest BCUT2D eigenvalue weighted by atomic mass is 10.2. The standard InChI is InChI=1S/C10H12ClNO2/c1-6(2)12-7-3-4-9(11)8(5-7)10(13)14/h3-6,12H,1-2H3,(H,13,14). The molecule has 1 aromatic rings. The summed E-state index contributed by atoms with van der Waals surface area (Å²) >= 11 is 5.72. The number of carboxylic acid groups (broad SMARTS) is 1. The molecule has 0 amide bonds. The van der Waals surface area contributed by atoms with E-state index in [1.807, 2.05) is 13.8 Å². The first-order chi connectivity index (χ1) is 6.50. The molecule has 0 radical (unpaired) electrons. The van der Waals surface area contributed by atoms with Crippen LogP contribution in [0.5, 0.6) is 0 Å². The van der Waals surface area contributed by atoms with Crippen molar-refractivity contribution in [2.45, 2.75) is 19.9 Å². The first kappa shape index (κ1) is 10.9. The molecule has 0 aliphatic heterocycles. The molecule has 0 aromatic heterocycles. The Morgan fingerprint density at radius 1 is 1.50 bits per heavy atom. The van der Waals surface area contributed by atoms with Crippen LogP contribution in [0, 0.1) is 0 Å². The molecule has 0 saturated carbocycles. The fourth-order valence-corrected chi connectivity index (χ4v) is 1.31. The smallest absolute Gasteiger partial charge is 0.337 e. The number of carbonyl (C=O) groups is 1. The quantitative estimate of drug-likeness (QED) is 0.812. The average molecular weight is 214 g/mol. The summed E-state index contributed by atoms with van der Waals surface area (Å²) in [6, 6.07) is 5.13. The maximum Gasteiger partial charge on any atom is 0.337 e. The van der Waals surface area contributed by atoms with E-state index >= 15 is 0 Å². The van der Waals surface area contributed by atoms with Crippen LogP contribution in [0.2, 0.25) is 5.02 Å². The van der Waals surface area contributed by atoms with E-state index < -0.39 is 5.97 Å². The lowest BCUT2D eigenvalue weighted by Crippen LogP contribution is -2.10. The Morgan fingerprint density at radius 3 is 2.64 bits per heavy atom. The molecular formula is C10H12ClNO2. The lowest BCUT2D eigenvalue weighted by molar-refractivity contribution is 0.0697. The second-order valence-corrected chi connectivity index (χ2v) is 3.71. The van der Waals surface area contributed by atoms with Crippen molar-refractivity contribution >= 4 is 23.3 Å². The minimum Gasteiger partial charge on any atom is -0.478 e. The van der Waals surface area contributed by atoms with Crippen LogP contribution in [0.25, 0.3) is 0 Å². The van der Waals surface area contributed by atoms with Gasteiger partial charge < -0.3 is 10.4 Å². The second kappa shape index (κ2) is 4.33. The van der Waals surface area contributed by atoms with Crippen molar-refractivity contribution in [1.29, 1.82) is 0 Å². The molecule has 1 aromatic carbocycles. The van der Waals surface area contributed by atoms with E-state index in [0.717, 1.165) is 5.69 Å². The van der Waals surface area contributed by atoms with Crippen molar-refractivity contribution in [3.05, 3.63) is 28.8 Å². The third-order valence-electron chi connectivity index (χ3n) is 1.65. The van der Waals surface area contributed by atoms with Gasteiger partial charge in [0.2, 0.25) is 0 Å². The number of halogens is 1. The number of aromatic carboxylic acids is 1. The van der Waals surface area contributed by atoms with Crippen LogP contribution in [0.3, 0.4) is 0 Å². The van der Waals surface area contributed by atoms with E-state index in [1.165, 1.54) is 6.07 Å². The van der Waals surface area contributed by atoms with Gasteiger partial charge in [-0.05, 0) is 32.0 Å². The van der Waals surface area contributed by atoms with E-state index in [2.05, 4.69) is 5.32 Å². The summed E-state index contributed by atoms with van der Waals surface area (Å²) < 4.78 is 0. The molecule has 0 aliphatic rings. The van der Waals surface area contributed by atoms with Gasteiger partial charge >= 0.3 is 5.97 Å². The number of carboxylic acids is 1. The first-order valence-electron chi connectivity index (χ1n) is 4.30. The van der Waals surface area contributed by atoms with E-state index in [4.69, 9.17) is 16.7 Å². The fourth-order valence-electron chi connectivity index (χ4n) is 1.11. The lowest BCUT2D eigenvalue weighted by Gasteiger charge is -2.10. The van der Waals surface area contributed by atoms with Gasteiger partial charge in [0.1, 0.15) is 0 Å². The van der Waals surface area contributed by atoms with Gasteiger partial charge in [-0.3, -0.25) is 0 Å². The van der Waals surface area contributed by atoms with Gasteiger partial charge in [-0.1, -0.05) is 11.6 Å². The van der Waals surface area contributed by atoms with Crippen LogP contribution in [0.1, 0.15) is 24.2 Å². The van der Waals surface area contributed by atoms with Crippen molar-refractivity contribution in [1.82, 2.24) is 0 Å². The summed E-state index contributed by atoms with van der Waals surface area (Å²) in [4.78, 5) is 10.7. The Hall–Kier alpha value is -1.22. The molecule has 76 valence electrons. The van der Waals surface area contributed by atoms with Gasteiger partial charge in [0.25, 0.3) is 0 Å². The number of benzene rings is 1. The summed E-state index contributed by atoms with van der Waals surface area (Å²) in [5.74, 6) is -1.01. The normalized spacial score (nSPS) is 10.3. The Kier molecular flexibility index (Phi) is 3.36. The fraction of sp³-hybridized carbons (Fsp3) is 0.300. The van der Waals surface area contributed by atoms with Crippen molar-refractivity contribution in [2.24, 2.45) is 0 Å². The van der Waals surface area contributed by atoms with Crippen LogP contribution in [-0.4, -0.2) is 17.1 Å². The SMILES string of the molecule is CC(C)Nc1ccc(Cl)c(C(=O)O)c1. The molecule has 0 atom stereocenters. The van der Waals surface area contributed by atoms with Crippen LogP contribution in [0.15, 0.2) is 18.2 Å². The number of rotatable bonds is 3. The summed E-state index contributed by atoms with van der Waals surface area (Å²) in [6.45, 7) is 3.96. The van der Waals surface area contributed by atoms with Crippen LogP contribution in [0.4, 0.5) is 5.69 Å². The van der Waals surface area contributed by atoms with Gasteiger partial charge in [0, 0.05) is 11.7 Å². The van der Waals surface area contributed by atoms with Crippen LogP contribution >= 0.6 is 11.6 Å². The number of anilines is 1. The maximum absolute atomic E-state index is 10.7.